The van der Waals surface area contributed by atoms with Crippen LogP contribution in [0.3, 0.4) is 0 Å². The molecule has 3 nitrogen and oxygen atoms in total. The van der Waals surface area contributed by atoms with Gasteiger partial charge in [0.25, 0.3) is 0 Å². The third-order valence-electron chi connectivity index (χ3n) is 12.5. The molecule has 12 rings (SSSR count). The molecule has 11 aromatic rings. The summed E-state index contributed by atoms with van der Waals surface area (Å²) < 4.78 is 13.0. The largest absolute Gasteiger partial charge is 0.456 e. The Balaban J connectivity index is 1.02. The first kappa shape index (κ1) is 32.8. The number of nitrogens with zero attached hydrogens (tertiary/aromatic N) is 1. The zero-order chi connectivity index (χ0) is 38.5. The Labute approximate surface area is 336 Å². The molecular formula is C55H37NO2. The average Bonchev–Trinajstić information content (AvgIpc) is 3.93. The lowest BCUT2D eigenvalue weighted by Gasteiger charge is -2.29. The van der Waals surface area contributed by atoms with Gasteiger partial charge in [0.05, 0.1) is 5.69 Å². The highest BCUT2D eigenvalue weighted by atomic mass is 16.3. The van der Waals surface area contributed by atoms with Crippen LogP contribution in [0.15, 0.2) is 197 Å². The second-order valence-corrected chi connectivity index (χ2v) is 16.0. The van der Waals surface area contributed by atoms with Gasteiger partial charge in [0.2, 0.25) is 0 Å². The molecule has 1 aliphatic rings. The Morgan fingerprint density at radius 3 is 1.81 bits per heavy atom. The molecule has 0 bridgehead atoms. The number of benzene rings is 9. The predicted molar refractivity (Wildman–Crippen MR) is 242 cm³/mol. The summed E-state index contributed by atoms with van der Waals surface area (Å²) in [5.41, 5.74) is 16.6. The molecule has 0 aliphatic heterocycles. The third kappa shape index (κ3) is 4.74. The lowest BCUT2D eigenvalue weighted by Crippen LogP contribution is -2.16. The molecule has 2 heterocycles. The quantitative estimate of drug-likeness (QED) is 0.176. The smallest absolute Gasteiger partial charge is 0.143 e. The van der Waals surface area contributed by atoms with Crippen molar-refractivity contribution in [1.82, 2.24) is 0 Å². The van der Waals surface area contributed by atoms with E-state index < -0.39 is 0 Å². The van der Waals surface area contributed by atoms with Gasteiger partial charge in [0, 0.05) is 54.8 Å². The minimum Gasteiger partial charge on any atom is -0.456 e. The summed E-state index contributed by atoms with van der Waals surface area (Å²) in [6, 6.07) is 67.6. The molecule has 3 heteroatoms. The number of hydrogen-bond acceptors (Lipinski definition) is 3. The van der Waals surface area contributed by atoms with Crippen molar-refractivity contribution in [3.8, 4) is 33.4 Å². The fourth-order valence-electron chi connectivity index (χ4n) is 9.70. The van der Waals surface area contributed by atoms with E-state index in [0.29, 0.717) is 0 Å². The van der Waals surface area contributed by atoms with E-state index in [-0.39, 0.29) is 5.41 Å². The maximum atomic E-state index is 6.75. The fourth-order valence-corrected chi connectivity index (χ4v) is 9.70. The zero-order valence-electron chi connectivity index (χ0n) is 32.2. The van der Waals surface area contributed by atoms with Crippen LogP contribution in [-0.2, 0) is 5.41 Å². The minimum atomic E-state index is -0.121. The van der Waals surface area contributed by atoms with Gasteiger partial charge in [-0.25, -0.2) is 0 Å². The number of hydrogen-bond donors (Lipinski definition) is 0. The van der Waals surface area contributed by atoms with E-state index in [1.165, 1.54) is 27.6 Å². The van der Waals surface area contributed by atoms with Crippen LogP contribution in [-0.4, -0.2) is 0 Å². The van der Waals surface area contributed by atoms with Crippen LogP contribution in [0.1, 0.15) is 25.0 Å². The Morgan fingerprint density at radius 1 is 0.397 bits per heavy atom. The lowest BCUT2D eigenvalue weighted by molar-refractivity contribution is 0.660. The maximum absolute atomic E-state index is 6.75. The number of anilines is 3. The van der Waals surface area contributed by atoms with Crippen molar-refractivity contribution in [2.75, 3.05) is 4.90 Å². The summed E-state index contributed by atoms with van der Waals surface area (Å²) >= 11 is 0. The van der Waals surface area contributed by atoms with Crippen LogP contribution >= 0.6 is 0 Å². The number of para-hydroxylation sites is 2. The molecule has 0 spiro atoms. The van der Waals surface area contributed by atoms with E-state index in [9.17, 15) is 0 Å². The highest BCUT2D eigenvalue weighted by Crippen LogP contribution is 2.54. The van der Waals surface area contributed by atoms with Crippen LogP contribution in [0, 0.1) is 0 Å². The highest BCUT2D eigenvalue weighted by molar-refractivity contribution is 6.17. The van der Waals surface area contributed by atoms with Crippen molar-refractivity contribution < 1.29 is 8.83 Å². The van der Waals surface area contributed by atoms with Crippen LogP contribution in [0.4, 0.5) is 17.1 Å². The van der Waals surface area contributed by atoms with Gasteiger partial charge in [-0.2, -0.15) is 0 Å². The van der Waals surface area contributed by atoms with Gasteiger partial charge in [-0.1, -0.05) is 153 Å². The summed E-state index contributed by atoms with van der Waals surface area (Å²) in [5.74, 6) is 0. The molecule has 0 unspecified atom stereocenters. The van der Waals surface area contributed by atoms with Gasteiger partial charge < -0.3 is 13.7 Å². The molecule has 1 aliphatic carbocycles. The molecule has 2 aromatic heterocycles. The summed E-state index contributed by atoms with van der Waals surface area (Å²) in [7, 11) is 0. The van der Waals surface area contributed by atoms with E-state index >= 15 is 0 Å². The van der Waals surface area contributed by atoms with Gasteiger partial charge in [0.1, 0.15) is 22.3 Å². The zero-order valence-corrected chi connectivity index (χ0v) is 32.2. The van der Waals surface area contributed by atoms with Gasteiger partial charge in [-0.15, -0.1) is 0 Å². The second kappa shape index (κ2) is 12.3. The predicted octanol–water partition coefficient (Wildman–Crippen LogP) is 15.7. The summed E-state index contributed by atoms with van der Waals surface area (Å²) in [6.07, 6.45) is 0. The molecule has 0 N–H and O–H groups in total. The molecule has 58 heavy (non-hydrogen) atoms. The first-order chi connectivity index (χ1) is 28.5. The summed E-state index contributed by atoms with van der Waals surface area (Å²) in [4.78, 5) is 2.42. The van der Waals surface area contributed by atoms with Crippen LogP contribution < -0.4 is 4.90 Å². The molecule has 0 fully saturated rings. The molecule has 0 saturated carbocycles. The van der Waals surface area contributed by atoms with Gasteiger partial charge in [-0.3, -0.25) is 0 Å². The SMILES string of the molecule is CC1(C)c2ccccc2-c2c(N(c3ccc(-c4cccc5c4oc4c6ccccc6ccc54)cc3)c3ccc(-c4cccc5oc6ccccc6c45)cc3)cccc21. The normalized spacial score (nSPS) is 13.1. The topological polar surface area (TPSA) is 29.5 Å². The first-order valence-electron chi connectivity index (χ1n) is 20.0. The van der Waals surface area contributed by atoms with Crippen LogP contribution in [0.5, 0.6) is 0 Å². The van der Waals surface area contributed by atoms with Gasteiger partial charge >= 0.3 is 0 Å². The molecule has 0 amide bonds. The van der Waals surface area contributed by atoms with Crippen molar-refractivity contribution in [2.45, 2.75) is 19.3 Å². The van der Waals surface area contributed by atoms with Gasteiger partial charge in [0.15, 0.2) is 0 Å². The fraction of sp³-hybridized carbons (Fsp3) is 0.0545. The highest BCUT2D eigenvalue weighted by Gasteiger charge is 2.37. The maximum Gasteiger partial charge on any atom is 0.143 e. The average molecular weight is 744 g/mol. The lowest BCUT2D eigenvalue weighted by atomic mass is 9.82. The molecule has 274 valence electrons. The molecular weight excluding hydrogens is 707 g/mol. The standard InChI is InChI=1S/C55H37NO2/c1-55(2)46-19-7-5-14-44(46)52-47(55)20-11-21-48(52)56(37-29-24-35(25-30-37)39-16-10-23-50-51(39)45-15-6-8-22-49(45)57-50)38-31-26-36(27-32-38)41-17-9-18-42-43-33-28-34-12-3-4-13-40(34)54(43)58-53(41)42/h3-33H,1-2H3. The van der Waals surface area contributed by atoms with E-state index in [0.717, 1.165) is 88.6 Å². The van der Waals surface area contributed by atoms with E-state index in [1.807, 2.05) is 12.1 Å². The number of furan rings is 2. The Hall–Kier alpha value is -7.36. The minimum absolute atomic E-state index is 0.121. The van der Waals surface area contributed by atoms with Crippen molar-refractivity contribution in [3.63, 3.8) is 0 Å². The van der Waals surface area contributed by atoms with Crippen LogP contribution in [0.2, 0.25) is 0 Å². The van der Waals surface area contributed by atoms with E-state index in [2.05, 4.69) is 195 Å². The Morgan fingerprint density at radius 2 is 0.983 bits per heavy atom. The van der Waals surface area contributed by atoms with Crippen molar-refractivity contribution >= 4 is 71.7 Å². The Kier molecular flexibility index (Phi) is 6.98. The molecule has 0 radical (unpaired) electrons. The van der Waals surface area contributed by atoms with Crippen LogP contribution in [0.25, 0.3) is 88.0 Å². The first-order valence-corrected chi connectivity index (χ1v) is 20.0. The van der Waals surface area contributed by atoms with E-state index in [4.69, 9.17) is 8.83 Å². The molecule has 9 aromatic carbocycles. The molecule has 0 atom stereocenters. The third-order valence-corrected chi connectivity index (χ3v) is 12.5. The van der Waals surface area contributed by atoms with Crippen molar-refractivity contribution in [1.29, 1.82) is 0 Å². The summed E-state index contributed by atoms with van der Waals surface area (Å²) in [6.45, 7) is 4.69. The number of fused-ring (bicyclic) bond motifs is 11. The van der Waals surface area contributed by atoms with Gasteiger partial charge in [-0.05, 0) is 87.3 Å². The van der Waals surface area contributed by atoms with Crippen molar-refractivity contribution in [3.05, 3.63) is 199 Å². The number of rotatable bonds is 5. The van der Waals surface area contributed by atoms with E-state index in [1.54, 1.807) is 0 Å². The second-order valence-electron chi connectivity index (χ2n) is 16.0. The monoisotopic (exact) mass is 743 g/mol. The Bertz CT molecular complexity index is 3420. The van der Waals surface area contributed by atoms with Crippen molar-refractivity contribution in [2.24, 2.45) is 0 Å². The summed E-state index contributed by atoms with van der Waals surface area (Å²) in [5, 5.41) is 6.86. The molecule has 0 saturated heterocycles.